The number of nitrogens with zero attached hydrogens (tertiary/aromatic N) is 1. The van der Waals surface area contributed by atoms with E-state index >= 15 is 0 Å². The van der Waals surface area contributed by atoms with Crippen LogP contribution in [0.5, 0.6) is 0 Å². The minimum Gasteiger partial charge on any atom is -0.437 e. The molecule has 1 amide bonds. The van der Waals surface area contributed by atoms with Crippen LogP contribution < -0.4 is 0 Å². The molecule has 4 heteroatoms. The highest BCUT2D eigenvalue weighted by molar-refractivity contribution is 9.10. The molecule has 1 aliphatic heterocycles. The molecule has 1 fully saturated rings. The van der Waals surface area contributed by atoms with Gasteiger partial charge in [-0.15, -0.1) is 6.58 Å². The summed E-state index contributed by atoms with van der Waals surface area (Å²) in [5.74, 6) is 0. The summed E-state index contributed by atoms with van der Waals surface area (Å²) in [6, 6.07) is 18.0. The summed E-state index contributed by atoms with van der Waals surface area (Å²) in [4.78, 5) is 14.6. The van der Waals surface area contributed by atoms with Crippen molar-refractivity contribution in [3.8, 4) is 0 Å². The number of carbonyl (C=O) groups is 1. The minimum atomic E-state index is -0.615. The average molecular weight is 400 g/mol. The van der Waals surface area contributed by atoms with Crippen LogP contribution >= 0.6 is 15.9 Å². The van der Waals surface area contributed by atoms with Crippen LogP contribution in [0, 0.1) is 0 Å². The molecule has 130 valence electrons. The summed E-state index contributed by atoms with van der Waals surface area (Å²) in [6.07, 6.45) is 2.92. The van der Waals surface area contributed by atoms with Crippen molar-refractivity contribution in [1.29, 1.82) is 0 Å². The first kappa shape index (κ1) is 17.7. The second-order valence-electron chi connectivity index (χ2n) is 6.39. The van der Waals surface area contributed by atoms with Gasteiger partial charge in [0.25, 0.3) is 0 Å². The lowest BCUT2D eigenvalue weighted by Crippen LogP contribution is -2.48. The lowest BCUT2D eigenvalue weighted by atomic mass is 9.85. The van der Waals surface area contributed by atoms with E-state index in [-0.39, 0.29) is 12.1 Å². The topological polar surface area (TPSA) is 29.5 Å². The number of carbonyl (C=O) groups excluding carboxylic acids is 1. The zero-order valence-electron chi connectivity index (χ0n) is 14.3. The predicted molar refractivity (Wildman–Crippen MR) is 103 cm³/mol. The molecule has 0 radical (unpaired) electrons. The van der Waals surface area contributed by atoms with Crippen LogP contribution in [0.2, 0.25) is 0 Å². The van der Waals surface area contributed by atoms with Gasteiger partial charge in [0, 0.05) is 23.9 Å². The smallest absolute Gasteiger partial charge is 0.411 e. The maximum absolute atomic E-state index is 12.8. The maximum Gasteiger partial charge on any atom is 0.411 e. The van der Waals surface area contributed by atoms with Gasteiger partial charge in [-0.3, -0.25) is 0 Å². The van der Waals surface area contributed by atoms with Crippen molar-refractivity contribution in [2.75, 3.05) is 6.54 Å². The van der Waals surface area contributed by atoms with E-state index in [0.29, 0.717) is 13.0 Å². The molecule has 0 aromatic heterocycles. The predicted octanol–water partition coefficient (Wildman–Crippen LogP) is 5.82. The lowest BCUT2D eigenvalue weighted by molar-refractivity contribution is -0.0588. The maximum atomic E-state index is 12.8. The van der Waals surface area contributed by atoms with Crippen LogP contribution in [0.25, 0.3) is 0 Å². The summed E-state index contributed by atoms with van der Waals surface area (Å²) in [6.45, 7) is 6.54. The standard InChI is InChI=1S/C21H22BrNO2/c1-3-13-21(18-7-5-4-6-8-18)14-15-23(20(24)25-21)16(2)17-9-11-19(22)12-10-17/h3-12,16H,1,13-15H2,2H3/t16-,21?/m0/s1. The van der Waals surface area contributed by atoms with Crippen molar-refractivity contribution < 1.29 is 9.53 Å². The third-order valence-corrected chi connectivity index (χ3v) is 5.40. The second-order valence-corrected chi connectivity index (χ2v) is 7.31. The Morgan fingerprint density at radius 1 is 1.24 bits per heavy atom. The number of ether oxygens (including phenoxy) is 1. The van der Waals surface area contributed by atoms with Crippen molar-refractivity contribution >= 4 is 22.0 Å². The Labute approximate surface area is 157 Å². The quantitative estimate of drug-likeness (QED) is 0.592. The summed E-state index contributed by atoms with van der Waals surface area (Å²) in [5, 5.41) is 0. The molecular formula is C21H22BrNO2. The number of benzene rings is 2. The van der Waals surface area contributed by atoms with Gasteiger partial charge in [0.2, 0.25) is 0 Å². The van der Waals surface area contributed by atoms with Crippen LogP contribution in [-0.2, 0) is 10.3 Å². The lowest BCUT2D eigenvalue weighted by Gasteiger charge is -2.43. The number of hydrogen-bond donors (Lipinski definition) is 0. The Morgan fingerprint density at radius 3 is 2.52 bits per heavy atom. The van der Waals surface area contributed by atoms with Crippen molar-refractivity contribution in [2.24, 2.45) is 0 Å². The molecule has 2 atom stereocenters. The van der Waals surface area contributed by atoms with E-state index in [0.717, 1.165) is 22.0 Å². The summed E-state index contributed by atoms with van der Waals surface area (Å²) in [7, 11) is 0. The fraction of sp³-hybridized carbons (Fsp3) is 0.286. The average Bonchev–Trinajstić information content (AvgIpc) is 2.63. The molecule has 2 aromatic carbocycles. The second kappa shape index (κ2) is 7.44. The summed E-state index contributed by atoms with van der Waals surface area (Å²) in [5.41, 5.74) is 1.51. The molecule has 1 unspecified atom stereocenters. The minimum absolute atomic E-state index is 0.0295. The van der Waals surface area contributed by atoms with Gasteiger partial charge >= 0.3 is 6.09 Å². The molecule has 1 heterocycles. The van der Waals surface area contributed by atoms with Gasteiger partial charge in [-0.1, -0.05) is 64.5 Å². The molecule has 25 heavy (non-hydrogen) atoms. The number of amides is 1. The molecule has 0 spiro atoms. The number of hydrogen-bond acceptors (Lipinski definition) is 2. The largest absolute Gasteiger partial charge is 0.437 e. The third kappa shape index (κ3) is 3.64. The summed E-state index contributed by atoms with van der Waals surface area (Å²) < 4.78 is 7.01. The first-order valence-electron chi connectivity index (χ1n) is 8.47. The number of cyclic esters (lactones) is 1. The Kier molecular flexibility index (Phi) is 5.28. The molecule has 3 rings (SSSR count). The molecule has 1 saturated heterocycles. The van der Waals surface area contributed by atoms with E-state index in [9.17, 15) is 4.79 Å². The van der Waals surface area contributed by atoms with Crippen LogP contribution in [0.15, 0.2) is 71.7 Å². The van der Waals surface area contributed by atoms with Gasteiger partial charge in [-0.2, -0.15) is 0 Å². The molecule has 0 N–H and O–H groups in total. The zero-order chi connectivity index (χ0) is 17.9. The van der Waals surface area contributed by atoms with Gasteiger partial charge in [-0.05, 0) is 30.2 Å². The van der Waals surface area contributed by atoms with E-state index in [1.165, 1.54) is 0 Å². The fourth-order valence-electron chi connectivity index (χ4n) is 3.38. The van der Waals surface area contributed by atoms with Gasteiger partial charge in [0.15, 0.2) is 0 Å². The van der Waals surface area contributed by atoms with E-state index in [4.69, 9.17) is 4.74 Å². The van der Waals surface area contributed by atoms with Gasteiger partial charge in [0.05, 0.1) is 6.04 Å². The molecule has 0 aliphatic carbocycles. The zero-order valence-corrected chi connectivity index (χ0v) is 15.9. The monoisotopic (exact) mass is 399 g/mol. The number of halogens is 1. The first-order chi connectivity index (χ1) is 12.1. The molecule has 3 nitrogen and oxygen atoms in total. The van der Waals surface area contributed by atoms with Gasteiger partial charge in [0.1, 0.15) is 5.60 Å². The van der Waals surface area contributed by atoms with Gasteiger partial charge in [-0.25, -0.2) is 4.79 Å². The molecule has 0 saturated carbocycles. The molecular weight excluding hydrogens is 378 g/mol. The Bertz CT molecular complexity index is 744. The van der Waals surface area contributed by atoms with E-state index in [2.05, 4.69) is 22.5 Å². The van der Waals surface area contributed by atoms with Crippen LogP contribution in [0.3, 0.4) is 0 Å². The van der Waals surface area contributed by atoms with Crippen molar-refractivity contribution in [1.82, 2.24) is 4.90 Å². The Morgan fingerprint density at radius 2 is 1.92 bits per heavy atom. The SMILES string of the molecule is C=CCC1(c2ccccc2)CCN([C@@H](C)c2ccc(Br)cc2)C(=O)O1. The molecule has 1 aliphatic rings. The Hall–Kier alpha value is -2.07. The molecule has 0 bridgehead atoms. The van der Waals surface area contributed by atoms with Crippen LogP contribution in [0.4, 0.5) is 4.79 Å². The normalized spacial score (nSPS) is 21.5. The number of rotatable bonds is 5. The van der Waals surface area contributed by atoms with Crippen molar-refractivity contribution in [3.63, 3.8) is 0 Å². The molecule has 2 aromatic rings. The Balaban J connectivity index is 1.82. The van der Waals surface area contributed by atoms with E-state index in [1.54, 1.807) is 4.90 Å². The van der Waals surface area contributed by atoms with Crippen molar-refractivity contribution in [2.45, 2.75) is 31.4 Å². The van der Waals surface area contributed by atoms with Gasteiger partial charge < -0.3 is 9.64 Å². The van der Waals surface area contributed by atoms with Crippen LogP contribution in [-0.4, -0.2) is 17.5 Å². The highest BCUT2D eigenvalue weighted by Crippen LogP contribution is 2.39. The van der Waals surface area contributed by atoms with Crippen molar-refractivity contribution in [3.05, 3.63) is 82.9 Å². The van der Waals surface area contributed by atoms with E-state index < -0.39 is 5.60 Å². The first-order valence-corrected chi connectivity index (χ1v) is 9.26. The summed E-state index contributed by atoms with van der Waals surface area (Å²) >= 11 is 3.45. The highest BCUT2D eigenvalue weighted by atomic mass is 79.9. The van der Waals surface area contributed by atoms with Crippen LogP contribution in [0.1, 0.15) is 36.9 Å². The third-order valence-electron chi connectivity index (χ3n) is 4.87. The fourth-order valence-corrected chi connectivity index (χ4v) is 3.65. The van der Waals surface area contributed by atoms with E-state index in [1.807, 2.05) is 67.6 Å². The highest BCUT2D eigenvalue weighted by Gasteiger charge is 2.42.